The maximum atomic E-state index is 12.8. The van der Waals surface area contributed by atoms with Crippen molar-refractivity contribution in [1.29, 1.82) is 0 Å². The highest BCUT2D eigenvalue weighted by Crippen LogP contribution is 2.44. The van der Waals surface area contributed by atoms with Crippen LogP contribution in [-0.2, 0) is 23.8 Å². The second-order valence-corrected chi connectivity index (χ2v) is 6.90. The molecule has 22 heavy (non-hydrogen) atoms. The number of hydrogen-bond donors (Lipinski definition) is 1. The number of benzene rings is 2. The standard InChI is InChI=1S/C18H23O3P/c1-4-14-11-9-12-17(16(14)6-3)21-22(19,20)18-13-8-7-10-15(18)5-2/h7-13H,4-6H2,1-3H3,(H,19,20). The van der Waals surface area contributed by atoms with Crippen LogP contribution in [0, 0.1) is 0 Å². The molecule has 0 aliphatic rings. The van der Waals surface area contributed by atoms with E-state index < -0.39 is 7.60 Å². The van der Waals surface area contributed by atoms with Crippen LogP contribution in [0.5, 0.6) is 5.75 Å². The van der Waals surface area contributed by atoms with E-state index >= 15 is 0 Å². The van der Waals surface area contributed by atoms with Crippen LogP contribution < -0.4 is 9.83 Å². The largest absolute Gasteiger partial charge is 0.421 e. The molecule has 0 radical (unpaired) electrons. The molecule has 4 heteroatoms. The van der Waals surface area contributed by atoms with Crippen LogP contribution >= 0.6 is 7.60 Å². The summed E-state index contributed by atoms with van der Waals surface area (Å²) < 4.78 is 18.4. The number of aryl methyl sites for hydroxylation is 2. The highest BCUT2D eigenvalue weighted by Gasteiger charge is 2.28. The summed E-state index contributed by atoms with van der Waals surface area (Å²) in [6.45, 7) is 6.07. The first-order valence-electron chi connectivity index (χ1n) is 7.75. The Labute approximate surface area is 132 Å². The molecule has 0 aliphatic carbocycles. The Hall–Kier alpha value is -1.57. The van der Waals surface area contributed by atoms with Crippen LogP contribution in [0.1, 0.15) is 37.5 Å². The van der Waals surface area contributed by atoms with E-state index in [1.165, 1.54) is 0 Å². The van der Waals surface area contributed by atoms with E-state index in [0.29, 0.717) is 17.5 Å². The molecule has 1 atom stereocenters. The van der Waals surface area contributed by atoms with Gasteiger partial charge >= 0.3 is 7.60 Å². The highest BCUT2D eigenvalue weighted by atomic mass is 31.2. The molecule has 0 saturated heterocycles. The van der Waals surface area contributed by atoms with Crippen LogP contribution in [0.3, 0.4) is 0 Å². The first kappa shape index (κ1) is 16.8. The minimum atomic E-state index is -3.89. The summed E-state index contributed by atoms with van der Waals surface area (Å²) in [7, 11) is -3.89. The van der Waals surface area contributed by atoms with Crippen LogP contribution in [-0.4, -0.2) is 4.89 Å². The Morgan fingerprint density at radius 1 is 0.909 bits per heavy atom. The number of rotatable bonds is 6. The molecule has 2 rings (SSSR count). The van der Waals surface area contributed by atoms with Gasteiger partial charge in [0.15, 0.2) is 0 Å². The molecular weight excluding hydrogens is 295 g/mol. The quantitative estimate of drug-likeness (QED) is 0.809. The predicted molar refractivity (Wildman–Crippen MR) is 91.1 cm³/mol. The predicted octanol–water partition coefficient (Wildman–Crippen LogP) is 4.26. The Balaban J connectivity index is 2.43. The lowest BCUT2D eigenvalue weighted by Crippen LogP contribution is -2.14. The van der Waals surface area contributed by atoms with E-state index in [1.807, 2.05) is 38.1 Å². The van der Waals surface area contributed by atoms with Crippen molar-refractivity contribution in [1.82, 2.24) is 0 Å². The van der Waals surface area contributed by atoms with E-state index in [-0.39, 0.29) is 0 Å². The maximum absolute atomic E-state index is 12.8. The van der Waals surface area contributed by atoms with E-state index in [4.69, 9.17) is 4.52 Å². The van der Waals surface area contributed by atoms with E-state index in [2.05, 4.69) is 6.92 Å². The summed E-state index contributed by atoms with van der Waals surface area (Å²) >= 11 is 0. The van der Waals surface area contributed by atoms with Crippen molar-refractivity contribution >= 4 is 12.9 Å². The minimum Gasteiger partial charge on any atom is -0.421 e. The minimum absolute atomic E-state index is 0.390. The Morgan fingerprint density at radius 2 is 1.55 bits per heavy atom. The molecule has 1 unspecified atom stereocenters. The fourth-order valence-corrected chi connectivity index (χ4v) is 4.10. The Bertz CT molecular complexity index is 694. The smallest absolute Gasteiger partial charge is 0.408 e. The lowest BCUT2D eigenvalue weighted by molar-refractivity contribution is 0.391. The molecule has 118 valence electrons. The summed E-state index contributed by atoms with van der Waals surface area (Å²) in [6, 6.07) is 12.9. The molecule has 3 nitrogen and oxygen atoms in total. The van der Waals surface area contributed by atoms with Gasteiger partial charge in [0.25, 0.3) is 0 Å². The van der Waals surface area contributed by atoms with Gasteiger partial charge in [-0.25, -0.2) is 4.57 Å². The van der Waals surface area contributed by atoms with Crippen molar-refractivity contribution in [3.63, 3.8) is 0 Å². The third-order valence-corrected chi connectivity index (χ3v) is 5.35. The monoisotopic (exact) mass is 318 g/mol. The van der Waals surface area contributed by atoms with Gasteiger partial charge in [-0.15, -0.1) is 0 Å². The molecule has 0 fully saturated rings. The van der Waals surface area contributed by atoms with Crippen molar-refractivity contribution in [2.24, 2.45) is 0 Å². The van der Waals surface area contributed by atoms with E-state index in [9.17, 15) is 9.46 Å². The van der Waals surface area contributed by atoms with Crippen LogP contribution in [0.15, 0.2) is 42.5 Å². The molecule has 0 spiro atoms. The SMILES string of the molecule is CCc1ccccc1P(=O)(O)Oc1cccc(CC)c1CC. The van der Waals surface area contributed by atoms with Gasteiger partial charge in [-0.2, -0.15) is 0 Å². The number of hydrogen-bond acceptors (Lipinski definition) is 2. The zero-order chi connectivity index (χ0) is 16.2. The van der Waals surface area contributed by atoms with Gasteiger partial charge in [0.1, 0.15) is 5.75 Å². The van der Waals surface area contributed by atoms with Gasteiger partial charge in [-0.05, 0) is 48.1 Å². The van der Waals surface area contributed by atoms with Gasteiger partial charge in [-0.1, -0.05) is 51.1 Å². The molecule has 0 aromatic heterocycles. The molecule has 0 heterocycles. The molecule has 2 aromatic rings. The summed E-state index contributed by atoms with van der Waals surface area (Å²) in [6.07, 6.45) is 2.34. The Kier molecular flexibility index (Phi) is 5.44. The molecular formula is C18H23O3P. The lowest BCUT2D eigenvalue weighted by atomic mass is 10.0. The average molecular weight is 318 g/mol. The summed E-state index contributed by atoms with van der Waals surface area (Å²) in [5.74, 6) is 0.513. The van der Waals surface area contributed by atoms with Crippen LogP contribution in [0.2, 0.25) is 0 Å². The molecule has 2 aromatic carbocycles. The average Bonchev–Trinajstić information content (AvgIpc) is 2.54. The summed E-state index contributed by atoms with van der Waals surface area (Å²) in [5.41, 5.74) is 3.01. The van der Waals surface area contributed by atoms with Gasteiger partial charge in [0.2, 0.25) is 0 Å². The summed E-state index contributed by atoms with van der Waals surface area (Å²) in [4.78, 5) is 10.5. The summed E-state index contributed by atoms with van der Waals surface area (Å²) in [5, 5.41) is 0.390. The van der Waals surface area contributed by atoms with Gasteiger partial charge in [0, 0.05) is 0 Å². The molecule has 0 aliphatic heterocycles. The molecule has 0 amide bonds. The highest BCUT2D eigenvalue weighted by molar-refractivity contribution is 7.61. The topological polar surface area (TPSA) is 46.5 Å². The van der Waals surface area contributed by atoms with Crippen LogP contribution in [0.25, 0.3) is 0 Å². The van der Waals surface area contributed by atoms with E-state index in [1.54, 1.807) is 18.2 Å². The van der Waals surface area contributed by atoms with Gasteiger partial charge in [0.05, 0.1) is 5.30 Å². The van der Waals surface area contributed by atoms with Crippen LogP contribution in [0.4, 0.5) is 0 Å². The third-order valence-electron chi connectivity index (χ3n) is 3.86. The third kappa shape index (κ3) is 3.43. The first-order valence-corrected chi connectivity index (χ1v) is 9.32. The maximum Gasteiger partial charge on any atom is 0.408 e. The fourth-order valence-electron chi connectivity index (χ4n) is 2.70. The lowest BCUT2D eigenvalue weighted by Gasteiger charge is -2.19. The molecule has 0 bridgehead atoms. The van der Waals surface area contributed by atoms with E-state index in [0.717, 1.165) is 29.5 Å². The zero-order valence-corrected chi connectivity index (χ0v) is 14.3. The second-order valence-electron chi connectivity index (χ2n) is 5.19. The van der Waals surface area contributed by atoms with Gasteiger partial charge < -0.3 is 9.42 Å². The van der Waals surface area contributed by atoms with Crippen molar-refractivity contribution in [2.45, 2.75) is 40.0 Å². The molecule has 0 saturated carbocycles. The van der Waals surface area contributed by atoms with Crippen molar-refractivity contribution < 1.29 is 14.0 Å². The normalized spacial score (nSPS) is 13.6. The van der Waals surface area contributed by atoms with Crippen molar-refractivity contribution in [3.8, 4) is 5.75 Å². The second kappa shape index (κ2) is 7.13. The molecule has 1 N–H and O–H groups in total. The van der Waals surface area contributed by atoms with Gasteiger partial charge in [-0.3, -0.25) is 0 Å². The fraction of sp³-hybridized carbons (Fsp3) is 0.333. The first-order chi connectivity index (χ1) is 10.5. The Morgan fingerprint density at radius 3 is 2.18 bits per heavy atom. The van der Waals surface area contributed by atoms with Crippen molar-refractivity contribution in [2.75, 3.05) is 0 Å². The van der Waals surface area contributed by atoms with Crippen molar-refractivity contribution in [3.05, 3.63) is 59.2 Å². The zero-order valence-electron chi connectivity index (χ0n) is 13.4.